The molecular formula is C26H33N3O4S. The minimum Gasteiger partial charge on any atom is -0.345 e. The standard InChI is InChI=1S/C26H33N3O4S/c1-20(30)28-16-18-29(19-17-28)34(32,33)24-14-12-23(13-15-24)26(31)27-25(21-8-4-2-5-9-21)22-10-6-3-7-11-22/h2,4-5,8-9,12-15,22,25H,3,6-7,10-11,16-19H2,1H3,(H,27,31). The predicted molar refractivity (Wildman–Crippen MR) is 131 cm³/mol. The Labute approximate surface area is 202 Å². The monoisotopic (exact) mass is 483 g/mol. The first-order chi connectivity index (χ1) is 16.4. The minimum absolute atomic E-state index is 0.0468. The van der Waals surface area contributed by atoms with Crippen molar-refractivity contribution in [3.8, 4) is 0 Å². The lowest BCUT2D eigenvalue weighted by Crippen LogP contribution is -2.49. The SMILES string of the molecule is CC(=O)N1CCN(S(=O)(=O)c2ccc(C(=O)NC(c3ccccc3)C3CCCCC3)cc2)CC1. The lowest BCUT2D eigenvalue weighted by molar-refractivity contribution is -0.129. The Kier molecular flexibility index (Phi) is 7.68. The van der Waals surface area contributed by atoms with E-state index < -0.39 is 10.0 Å². The maximum atomic E-state index is 13.1. The van der Waals surface area contributed by atoms with Crippen LogP contribution in [0.15, 0.2) is 59.5 Å². The van der Waals surface area contributed by atoms with Gasteiger partial charge >= 0.3 is 0 Å². The summed E-state index contributed by atoms with van der Waals surface area (Å²) in [5, 5.41) is 3.22. The van der Waals surface area contributed by atoms with E-state index in [0.29, 0.717) is 24.6 Å². The van der Waals surface area contributed by atoms with Gasteiger partial charge in [0.2, 0.25) is 15.9 Å². The first-order valence-corrected chi connectivity index (χ1v) is 13.5. The molecule has 0 spiro atoms. The van der Waals surface area contributed by atoms with Crippen molar-refractivity contribution in [1.29, 1.82) is 0 Å². The highest BCUT2D eigenvalue weighted by atomic mass is 32.2. The molecule has 2 amide bonds. The van der Waals surface area contributed by atoms with E-state index in [2.05, 4.69) is 17.4 Å². The van der Waals surface area contributed by atoms with Crippen LogP contribution >= 0.6 is 0 Å². The molecule has 2 aromatic rings. The van der Waals surface area contributed by atoms with Crippen molar-refractivity contribution in [2.24, 2.45) is 5.92 Å². The van der Waals surface area contributed by atoms with Crippen LogP contribution in [-0.2, 0) is 14.8 Å². The Morgan fingerprint density at radius 1 is 0.882 bits per heavy atom. The molecule has 1 unspecified atom stereocenters. The van der Waals surface area contributed by atoms with E-state index in [1.54, 1.807) is 17.0 Å². The Balaban J connectivity index is 1.46. The van der Waals surface area contributed by atoms with E-state index in [0.717, 1.165) is 18.4 Å². The number of benzene rings is 2. The quantitative estimate of drug-likeness (QED) is 0.680. The van der Waals surface area contributed by atoms with Crippen LogP contribution in [0.1, 0.15) is 61.0 Å². The van der Waals surface area contributed by atoms with E-state index in [9.17, 15) is 18.0 Å². The zero-order valence-corrected chi connectivity index (χ0v) is 20.5. The van der Waals surface area contributed by atoms with Crippen molar-refractivity contribution >= 4 is 21.8 Å². The van der Waals surface area contributed by atoms with Gasteiger partial charge in [-0.3, -0.25) is 9.59 Å². The predicted octanol–water partition coefficient (Wildman–Crippen LogP) is 3.59. The normalized spacial score (nSPS) is 18.9. The van der Waals surface area contributed by atoms with Crippen LogP contribution in [0.4, 0.5) is 0 Å². The maximum Gasteiger partial charge on any atom is 0.251 e. The van der Waals surface area contributed by atoms with Gasteiger partial charge in [0.15, 0.2) is 0 Å². The molecule has 182 valence electrons. The number of rotatable bonds is 6. The number of carbonyl (C=O) groups is 2. The van der Waals surface area contributed by atoms with Crippen LogP contribution in [0.5, 0.6) is 0 Å². The van der Waals surface area contributed by atoms with Gasteiger partial charge in [0.25, 0.3) is 5.91 Å². The molecule has 2 fully saturated rings. The Bertz CT molecular complexity index is 1090. The van der Waals surface area contributed by atoms with Gasteiger partial charge in [-0.25, -0.2) is 8.42 Å². The molecule has 1 N–H and O–H groups in total. The smallest absolute Gasteiger partial charge is 0.251 e. The van der Waals surface area contributed by atoms with Crippen molar-refractivity contribution in [1.82, 2.24) is 14.5 Å². The maximum absolute atomic E-state index is 13.1. The average molecular weight is 484 g/mol. The fourth-order valence-corrected chi connectivity index (χ4v) is 6.42. The van der Waals surface area contributed by atoms with Crippen LogP contribution in [0.3, 0.4) is 0 Å². The van der Waals surface area contributed by atoms with Gasteiger partial charge in [-0.05, 0) is 48.6 Å². The number of nitrogens with one attached hydrogen (secondary N) is 1. The fraction of sp³-hybridized carbons (Fsp3) is 0.462. The van der Waals surface area contributed by atoms with Crippen molar-refractivity contribution in [2.75, 3.05) is 26.2 Å². The Morgan fingerprint density at radius 2 is 1.50 bits per heavy atom. The summed E-state index contributed by atoms with van der Waals surface area (Å²) < 4.78 is 27.5. The zero-order chi connectivity index (χ0) is 24.1. The summed E-state index contributed by atoms with van der Waals surface area (Å²) in [5.74, 6) is 0.154. The zero-order valence-electron chi connectivity index (χ0n) is 19.7. The van der Waals surface area contributed by atoms with Crippen LogP contribution in [0.25, 0.3) is 0 Å². The van der Waals surface area contributed by atoms with Crippen molar-refractivity contribution in [3.63, 3.8) is 0 Å². The van der Waals surface area contributed by atoms with Gasteiger partial charge in [-0.15, -0.1) is 0 Å². The second-order valence-electron chi connectivity index (χ2n) is 9.19. The van der Waals surface area contributed by atoms with Crippen LogP contribution in [0, 0.1) is 5.92 Å². The van der Waals surface area contributed by atoms with E-state index in [1.165, 1.54) is 42.6 Å². The molecule has 0 bridgehead atoms. The van der Waals surface area contributed by atoms with Gasteiger partial charge < -0.3 is 10.2 Å². The van der Waals surface area contributed by atoms with Crippen LogP contribution < -0.4 is 5.32 Å². The summed E-state index contributed by atoms with van der Waals surface area (Å²) in [7, 11) is -3.67. The van der Waals surface area contributed by atoms with E-state index in [4.69, 9.17) is 0 Å². The molecule has 7 nitrogen and oxygen atoms in total. The molecule has 1 saturated carbocycles. The molecule has 0 aromatic heterocycles. The molecule has 2 aliphatic rings. The van der Waals surface area contributed by atoms with Crippen molar-refractivity contribution in [2.45, 2.75) is 50.0 Å². The fourth-order valence-electron chi connectivity index (χ4n) is 5.00. The minimum atomic E-state index is -3.67. The van der Waals surface area contributed by atoms with Crippen molar-refractivity contribution in [3.05, 3.63) is 65.7 Å². The molecule has 34 heavy (non-hydrogen) atoms. The highest BCUT2D eigenvalue weighted by Crippen LogP contribution is 2.34. The van der Waals surface area contributed by atoms with E-state index >= 15 is 0 Å². The van der Waals surface area contributed by atoms with Gasteiger partial charge in [-0.2, -0.15) is 4.31 Å². The molecule has 1 aliphatic heterocycles. The number of carbonyl (C=O) groups excluding carboxylic acids is 2. The highest BCUT2D eigenvalue weighted by molar-refractivity contribution is 7.89. The third-order valence-corrected chi connectivity index (χ3v) is 8.92. The molecular weight excluding hydrogens is 450 g/mol. The first kappa shape index (κ1) is 24.4. The third kappa shape index (κ3) is 5.50. The lowest BCUT2D eigenvalue weighted by Gasteiger charge is -2.33. The van der Waals surface area contributed by atoms with Gasteiger partial charge in [0.05, 0.1) is 10.9 Å². The summed E-state index contributed by atoms with van der Waals surface area (Å²) in [6.45, 7) is 2.80. The summed E-state index contributed by atoms with van der Waals surface area (Å²) in [6, 6.07) is 16.2. The molecule has 1 heterocycles. The van der Waals surface area contributed by atoms with Crippen LogP contribution in [0.2, 0.25) is 0 Å². The second-order valence-corrected chi connectivity index (χ2v) is 11.1. The third-order valence-electron chi connectivity index (χ3n) is 7.00. The molecule has 0 radical (unpaired) electrons. The topological polar surface area (TPSA) is 86.8 Å². The largest absolute Gasteiger partial charge is 0.345 e. The second kappa shape index (κ2) is 10.7. The average Bonchev–Trinajstić information content (AvgIpc) is 2.88. The molecule has 1 aliphatic carbocycles. The summed E-state index contributed by atoms with van der Waals surface area (Å²) >= 11 is 0. The van der Waals surface area contributed by atoms with Crippen molar-refractivity contribution < 1.29 is 18.0 Å². The summed E-state index contributed by atoms with van der Waals surface area (Å²) in [6.07, 6.45) is 5.78. The number of amides is 2. The number of nitrogens with zero attached hydrogens (tertiary/aromatic N) is 2. The lowest BCUT2D eigenvalue weighted by atomic mass is 9.81. The number of hydrogen-bond acceptors (Lipinski definition) is 4. The Hall–Kier alpha value is -2.71. The molecule has 8 heteroatoms. The highest BCUT2D eigenvalue weighted by Gasteiger charge is 2.30. The van der Waals surface area contributed by atoms with Gasteiger partial charge in [0.1, 0.15) is 0 Å². The van der Waals surface area contributed by atoms with Crippen LogP contribution in [-0.4, -0.2) is 55.6 Å². The summed E-state index contributed by atoms with van der Waals surface area (Å²) in [4.78, 5) is 26.4. The number of sulfonamides is 1. The van der Waals surface area contributed by atoms with E-state index in [1.807, 2.05) is 18.2 Å². The van der Waals surface area contributed by atoms with Gasteiger partial charge in [0, 0.05) is 38.7 Å². The van der Waals surface area contributed by atoms with Gasteiger partial charge in [-0.1, -0.05) is 49.6 Å². The molecule has 2 aromatic carbocycles. The molecule has 1 saturated heterocycles. The number of hydrogen-bond donors (Lipinski definition) is 1. The first-order valence-electron chi connectivity index (χ1n) is 12.1. The Morgan fingerprint density at radius 3 is 2.09 bits per heavy atom. The summed E-state index contributed by atoms with van der Waals surface area (Å²) in [5.41, 5.74) is 1.55. The number of piperazine rings is 1. The van der Waals surface area contributed by atoms with E-state index in [-0.39, 0.29) is 35.8 Å². The molecule has 1 atom stereocenters. The molecule has 4 rings (SSSR count).